The van der Waals surface area contributed by atoms with Gasteiger partial charge in [-0.05, 0) is 53.7 Å². The number of aromatic nitrogens is 2. The summed E-state index contributed by atoms with van der Waals surface area (Å²) in [5, 5.41) is 24.9. The van der Waals surface area contributed by atoms with Crippen LogP contribution in [0, 0.1) is 0 Å². The van der Waals surface area contributed by atoms with Crippen LogP contribution in [0.15, 0.2) is 67.6 Å². The van der Waals surface area contributed by atoms with Gasteiger partial charge in [0.05, 0.1) is 34.3 Å². The first kappa shape index (κ1) is 29.6. The SMILES string of the molecule is CC1=NO[B-]2(c3ccc(C=O)nc3)O/N=C(C)/C(C)=N/O[B-](c3ccc(C=O)nc3)(O/N=C/1C)O/N=C(C)/C(C)=N/O2. The highest BCUT2D eigenvalue weighted by Crippen LogP contribution is 2.18. The smallest absolute Gasteiger partial charge is 0.536 e. The van der Waals surface area contributed by atoms with Crippen molar-refractivity contribution in [3.8, 4) is 0 Å². The summed E-state index contributed by atoms with van der Waals surface area (Å²) >= 11 is 0. The Morgan fingerprint density at radius 3 is 0.929 bits per heavy atom. The van der Waals surface area contributed by atoms with Crippen LogP contribution < -0.4 is 10.9 Å². The van der Waals surface area contributed by atoms with E-state index in [0.29, 0.717) is 12.6 Å². The van der Waals surface area contributed by atoms with Gasteiger partial charge in [0, 0.05) is 12.4 Å². The highest BCUT2D eigenvalue weighted by Gasteiger charge is 2.43. The second-order valence-corrected chi connectivity index (χ2v) is 9.25. The number of pyridine rings is 2. The Hall–Kier alpha value is -5.41. The van der Waals surface area contributed by atoms with Gasteiger partial charge in [0.15, 0.2) is 12.6 Å². The van der Waals surface area contributed by atoms with E-state index in [1.54, 1.807) is 41.5 Å². The largest absolute Gasteiger partial charge is 0.642 e. The summed E-state index contributed by atoms with van der Waals surface area (Å²) in [5.41, 5.74) is 2.07. The third-order valence-corrected chi connectivity index (χ3v) is 6.22. The Bertz CT molecular complexity index is 1320. The molecule has 0 aliphatic carbocycles. The number of nitrogens with zero attached hydrogens (tertiary/aromatic N) is 8. The number of hydrogen-bond donors (Lipinski definition) is 0. The van der Waals surface area contributed by atoms with Crippen molar-refractivity contribution in [2.45, 2.75) is 41.5 Å². The predicted octanol–water partition coefficient (Wildman–Crippen LogP) is 1.48. The van der Waals surface area contributed by atoms with Crippen molar-refractivity contribution < 1.29 is 38.1 Å². The third kappa shape index (κ3) is 6.32. The molecule has 2 aromatic heterocycles. The number of rotatable bonds is 4. The normalized spacial score (nSPS) is 29.2. The highest BCUT2D eigenvalue weighted by molar-refractivity contribution is 6.76. The van der Waals surface area contributed by atoms with Gasteiger partial charge in [-0.2, -0.15) is 0 Å². The van der Waals surface area contributed by atoms with Crippen molar-refractivity contribution in [3.05, 3.63) is 48.0 Å². The summed E-state index contributed by atoms with van der Waals surface area (Å²) in [7, 11) is 0. The lowest BCUT2D eigenvalue weighted by Crippen LogP contribution is -2.55. The first-order valence-corrected chi connectivity index (χ1v) is 12.6. The van der Waals surface area contributed by atoms with E-state index < -0.39 is 13.5 Å². The number of carbonyl (C=O) groups excluding carboxylic acids is 2. The van der Waals surface area contributed by atoms with Crippen LogP contribution in [-0.2, 0) is 28.5 Å². The molecule has 0 atom stereocenters. The van der Waals surface area contributed by atoms with Crippen molar-refractivity contribution in [2.75, 3.05) is 0 Å². The minimum absolute atomic E-state index is 0.161. The maximum absolute atomic E-state index is 11.2. The molecule has 0 N–H and O–H groups in total. The maximum Gasteiger partial charge on any atom is 0.642 e. The van der Waals surface area contributed by atoms with Crippen LogP contribution in [-0.4, -0.2) is 70.3 Å². The molecule has 0 amide bonds. The van der Waals surface area contributed by atoms with Gasteiger partial charge in [-0.1, -0.05) is 23.1 Å². The zero-order valence-electron chi connectivity index (χ0n) is 23.6. The number of fused-ring (bicyclic) bond motifs is 9. The van der Waals surface area contributed by atoms with Crippen LogP contribution >= 0.6 is 0 Å². The van der Waals surface area contributed by atoms with E-state index in [-0.39, 0.29) is 56.6 Å². The second-order valence-electron chi connectivity index (χ2n) is 9.25. The summed E-state index contributed by atoms with van der Waals surface area (Å²) in [5.74, 6) is 0. The predicted molar refractivity (Wildman–Crippen MR) is 155 cm³/mol. The zero-order valence-corrected chi connectivity index (χ0v) is 23.6. The molecular formula is C24H26B2N8O8-2. The molecule has 0 saturated heterocycles. The lowest BCUT2D eigenvalue weighted by molar-refractivity contribution is 0.0768. The van der Waals surface area contributed by atoms with Gasteiger partial charge in [0.1, 0.15) is 11.4 Å². The Labute approximate surface area is 240 Å². The molecule has 0 spiro atoms. The number of carbonyl (C=O) groups is 2. The van der Waals surface area contributed by atoms with Crippen molar-refractivity contribution >= 4 is 71.3 Å². The van der Waals surface area contributed by atoms with Gasteiger partial charge in [0.25, 0.3) is 0 Å². The van der Waals surface area contributed by atoms with Gasteiger partial charge in [-0.3, -0.25) is 19.6 Å². The topological polar surface area (TPSA) is 189 Å². The average molecular weight is 576 g/mol. The second kappa shape index (κ2) is 12.4. The van der Waals surface area contributed by atoms with Gasteiger partial charge in [0.2, 0.25) is 0 Å². The molecule has 0 aromatic carbocycles. The Morgan fingerprint density at radius 1 is 0.476 bits per heavy atom. The standard InChI is InChI=1S/C24H26B2N8O8/c1-15-16(2)30-38-26(22-8-10-24(14-36)28-12-22)41-33-19(5)17(3)31-39-25(37-29-15,21-7-9-23(13-35)27-11-21)40-32-18(4)20(6)34-42-26/h7-14H,1-6H3/q-2/b29-15+,30-16+,31-17+,32-18+,33-19+,34-20?. The molecule has 16 nitrogen and oxygen atoms in total. The molecule has 18 heteroatoms. The van der Waals surface area contributed by atoms with E-state index in [9.17, 15) is 9.59 Å². The Kier molecular flexibility index (Phi) is 8.73. The molecule has 2 aromatic rings. The third-order valence-electron chi connectivity index (χ3n) is 6.22. The summed E-state index contributed by atoms with van der Waals surface area (Å²) in [4.78, 5) is 30.6. The van der Waals surface area contributed by atoms with Crippen molar-refractivity contribution in [1.29, 1.82) is 0 Å². The van der Waals surface area contributed by atoms with Gasteiger partial charge in [-0.15, -0.1) is 30.9 Å². The molecule has 5 rings (SSSR count). The lowest BCUT2D eigenvalue weighted by atomic mass is 9.71. The Morgan fingerprint density at radius 2 is 0.738 bits per heavy atom. The molecule has 0 fully saturated rings. The minimum Gasteiger partial charge on any atom is -0.536 e. The molecule has 3 aliphatic rings. The molecule has 3 aliphatic heterocycles. The van der Waals surface area contributed by atoms with Crippen molar-refractivity contribution in [2.24, 2.45) is 30.9 Å². The molecule has 0 radical (unpaired) electrons. The molecular weight excluding hydrogens is 550 g/mol. The summed E-state index contributed by atoms with van der Waals surface area (Å²) in [6.45, 7) is 3.26. The van der Waals surface area contributed by atoms with E-state index in [4.69, 9.17) is 28.5 Å². The monoisotopic (exact) mass is 576 g/mol. The van der Waals surface area contributed by atoms with E-state index >= 15 is 0 Å². The van der Waals surface area contributed by atoms with Crippen molar-refractivity contribution in [3.63, 3.8) is 0 Å². The first-order chi connectivity index (χ1) is 20.1. The first-order valence-electron chi connectivity index (χ1n) is 12.6. The van der Waals surface area contributed by atoms with Gasteiger partial charge in [-0.25, -0.2) is 0 Å². The number of hydrogen-bond acceptors (Lipinski definition) is 16. The van der Waals surface area contributed by atoms with Gasteiger partial charge < -0.3 is 28.5 Å². The summed E-state index contributed by atoms with van der Waals surface area (Å²) in [6.07, 6.45) is 3.79. The zero-order chi connectivity index (χ0) is 30.3. The lowest BCUT2D eigenvalue weighted by Gasteiger charge is -2.36. The van der Waals surface area contributed by atoms with E-state index in [0.717, 1.165) is 0 Å². The van der Waals surface area contributed by atoms with E-state index in [1.807, 2.05) is 0 Å². The molecule has 0 saturated carbocycles. The quantitative estimate of drug-likeness (QED) is 0.381. The fraction of sp³-hybridized carbons (Fsp3) is 0.250. The molecule has 218 valence electrons. The summed E-state index contributed by atoms with van der Waals surface area (Å²) < 4.78 is 35.1. The van der Waals surface area contributed by atoms with Crippen LogP contribution in [0.4, 0.5) is 0 Å². The fourth-order valence-electron chi connectivity index (χ4n) is 3.16. The van der Waals surface area contributed by atoms with Crippen molar-refractivity contribution in [1.82, 2.24) is 9.97 Å². The Balaban J connectivity index is 1.98. The average Bonchev–Trinajstić information content (AvgIpc) is 3.02. The fourth-order valence-corrected chi connectivity index (χ4v) is 3.16. The van der Waals surface area contributed by atoms with Crippen LogP contribution in [0.2, 0.25) is 0 Å². The molecule has 0 unspecified atom stereocenters. The minimum atomic E-state index is -3.12. The highest BCUT2D eigenvalue weighted by atomic mass is 16.9. The molecule has 42 heavy (non-hydrogen) atoms. The van der Waals surface area contributed by atoms with Crippen LogP contribution in [0.25, 0.3) is 0 Å². The van der Waals surface area contributed by atoms with E-state index in [2.05, 4.69) is 40.9 Å². The molecule has 5 heterocycles. The summed E-state index contributed by atoms with van der Waals surface area (Å²) in [6, 6.07) is 5.88. The van der Waals surface area contributed by atoms with Crippen LogP contribution in [0.5, 0.6) is 0 Å². The maximum atomic E-state index is 11.2. The van der Waals surface area contributed by atoms with Crippen LogP contribution in [0.3, 0.4) is 0 Å². The van der Waals surface area contributed by atoms with Crippen LogP contribution in [0.1, 0.15) is 62.5 Å². The number of oxime groups is 6. The molecule has 2 bridgehead atoms. The van der Waals surface area contributed by atoms with Gasteiger partial charge >= 0.3 is 13.5 Å². The number of aldehydes is 2. The van der Waals surface area contributed by atoms with E-state index in [1.165, 1.54) is 36.7 Å².